The molecule has 1 aliphatic rings. The van der Waals surface area contributed by atoms with Crippen molar-refractivity contribution < 1.29 is 13.9 Å². The smallest absolute Gasteiger partial charge is 0.271 e. The van der Waals surface area contributed by atoms with Crippen LogP contribution in [0.1, 0.15) is 34.9 Å². The van der Waals surface area contributed by atoms with Crippen LogP contribution < -0.4 is 10.1 Å². The first-order chi connectivity index (χ1) is 12.2. The van der Waals surface area contributed by atoms with Gasteiger partial charge in [-0.2, -0.15) is 0 Å². The Hall–Kier alpha value is -3.02. The predicted molar refractivity (Wildman–Crippen MR) is 90.9 cm³/mol. The molecule has 6 heteroatoms. The van der Waals surface area contributed by atoms with Crippen LogP contribution in [0.25, 0.3) is 11.0 Å². The normalized spacial score (nSPS) is 16.6. The minimum Gasteiger partial charge on any atom is -0.493 e. The third-order valence-electron chi connectivity index (χ3n) is 4.23. The highest BCUT2D eigenvalue weighted by atomic mass is 19.1. The van der Waals surface area contributed by atoms with Gasteiger partial charge >= 0.3 is 0 Å². The Bertz CT molecular complexity index is 945. The van der Waals surface area contributed by atoms with E-state index in [2.05, 4.69) is 15.3 Å². The van der Waals surface area contributed by atoms with Gasteiger partial charge < -0.3 is 10.1 Å². The van der Waals surface area contributed by atoms with Crippen molar-refractivity contribution in [2.75, 3.05) is 6.61 Å². The first-order valence-corrected chi connectivity index (χ1v) is 8.15. The van der Waals surface area contributed by atoms with Crippen molar-refractivity contribution >= 4 is 16.9 Å². The van der Waals surface area contributed by atoms with Gasteiger partial charge in [0, 0.05) is 11.6 Å². The highest BCUT2D eigenvalue weighted by Gasteiger charge is 2.23. The number of nitrogens with zero attached hydrogens (tertiary/aromatic N) is 2. The van der Waals surface area contributed by atoms with Crippen LogP contribution in [-0.2, 0) is 0 Å². The van der Waals surface area contributed by atoms with Crippen molar-refractivity contribution in [2.24, 2.45) is 0 Å². The number of rotatable bonds is 2. The van der Waals surface area contributed by atoms with Crippen molar-refractivity contribution in [3.8, 4) is 5.75 Å². The first-order valence-electron chi connectivity index (χ1n) is 8.15. The fourth-order valence-electron chi connectivity index (χ4n) is 2.99. The third kappa shape index (κ3) is 3.15. The standard InChI is InChI=1S/C19H16FN3O2/c20-12-7-8-13-14(6-3-9-25-18(13)10-12)23-19(24)17-11-21-15-4-1-2-5-16(15)22-17/h1-2,4-5,7-8,10-11,14H,3,6,9H2,(H,23,24). The van der Waals surface area contributed by atoms with Crippen LogP contribution in [-0.4, -0.2) is 22.5 Å². The Labute approximate surface area is 143 Å². The Morgan fingerprint density at radius 3 is 2.92 bits per heavy atom. The number of carbonyl (C=O) groups is 1. The molecule has 2 aromatic carbocycles. The monoisotopic (exact) mass is 337 g/mol. The van der Waals surface area contributed by atoms with E-state index >= 15 is 0 Å². The van der Waals surface area contributed by atoms with Crippen LogP contribution >= 0.6 is 0 Å². The number of nitrogens with one attached hydrogen (secondary N) is 1. The van der Waals surface area contributed by atoms with Crippen LogP contribution in [0.2, 0.25) is 0 Å². The van der Waals surface area contributed by atoms with E-state index in [1.165, 1.54) is 18.3 Å². The molecule has 0 aliphatic carbocycles. The second-order valence-corrected chi connectivity index (χ2v) is 5.94. The number of para-hydroxylation sites is 2. The van der Waals surface area contributed by atoms with Crippen LogP contribution in [0, 0.1) is 5.82 Å². The topological polar surface area (TPSA) is 64.1 Å². The second-order valence-electron chi connectivity index (χ2n) is 5.94. The SMILES string of the molecule is O=C(NC1CCCOc2cc(F)ccc21)c1cnc2ccccc2n1. The molecular weight excluding hydrogens is 321 g/mol. The predicted octanol–water partition coefficient (Wildman–Crippen LogP) is 3.41. The summed E-state index contributed by atoms with van der Waals surface area (Å²) in [6.45, 7) is 0.499. The summed E-state index contributed by atoms with van der Waals surface area (Å²) in [5.74, 6) is -0.182. The molecule has 25 heavy (non-hydrogen) atoms. The van der Waals surface area contributed by atoms with Gasteiger partial charge in [-0.3, -0.25) is 9.78 Å². The van der Waals surface area contributed by atoms with Gasteiger partial charge in [-0.1, -0.05) is 18.2 Å². The van der Waals surface area contributed by atoms with Crippen LogP contribution in [0.15, 0.2) is 48.7 Å². The molecule has 1 aliphatic heterocycles. The molecule has 4 rings (SSSR count). The van der Waals surface area contributed by atoms with E-state index in [0.717, 1.165) is 17.5 Å². The van der Waals surface area contributed by atoms with E-state index in [0.29, 0.717) is 24.3 Å². The van der Waals surface area contributed by atoms with Gasteiger partial charge in [0.05, 0.1) is 29.9 Å². The number of hydrogen-bond donors (Lipinski definition) is 1. The van der Waals surface area contributed by atoms with Crippen molar-refractivity contribution in [1.82, 2.24) is 15.3 Å². The first kappa shape index (κ1) is 15.5. The maximum absolute atomic E-state index is 13.4. The Balaban J connectivity index is 1.61. The lowest BCUT2D eigenvalue weighted by Crippen LogP contribution is -2.29. The molecule has 0 bridgehead atoms. The van der Waals surface area contributed by atoms with Crippen LogP contribution in [0.3, 0.4) is 0 Å². The Kier molecular flexibility index (Phi) is 4.01. The number of fused-ring (bicyclic) bond motifs is 2. The summed E-state index contributed by atoms with van der Waals surface area (Å²) in [5, 5.41) is 2.97. The molecule has 1 N–H and O–H groups in total. The van der Waals surface area contributed by atoms with Gasteiger partial charge in [0.15, 0.2) is 0 Å². The molecule has 1 atom stereocenters. The highest BCUT2D eigenvalue weighted by Crippen LogP contribution is 2.32. The van der Waals surface area contributed by atoms with Gasteiger partial charge in [0.25, 0.3) is 5.91 Å². The summed E-state index contributed by atoms with van der Waals surface area (Å²) in [6.07, 6.45) is 2.95. The summed E-state index contributed by atoms with van der Waals surface area (Å²) in [5.41, 5.74) is 2.44. The zero-order valence-corrected chi connectivity index (χ0v) is 13.4. The molecule has 0 spiro atoms. The molecule has 1 amide bonds. The van der Waals surface area contributed by atoms with Crippen LogP contribution in [0.5, 0.6) is 5.75 Å². The Morgan fingerprint density at radius 1 is 1.20 bits per heavy atom. The Morgan fingerprint density at radius 2 is 2.04 bits per heavy atom. The summed E-state index contributed by atoms with van der Waals surface area (Å²) < 4.78 is 19.0. The lowest BCUT2D eigenvalue weighted by Gasteiger charge is -2.18. The fraction of sp³-hybridized carbons (Fsp3) is 0.211. The van der Waals surface area contributed by atoms with Crippen molar-refractivity contribution in [3.63, 3.8) is 0 Å². The van der Waals surface area contributed by atoms with Gasteiger partial charge in [-0.15, -0.1) is 0 Å². The molecule has 0 saturated carbocycles. The maximum atomic E-state index is 13.4. The number of ether oxygens (including phenoxy) is 1. The molecule has 3 aromatic rings. The molecular formula is C19H16FN3O2. The minimum absolute atomic E-state index is 0.251. The lowest BCUT2D eigenvalue weighted by molar-refractivity contribution is 0.0929. The molecule has 2 heterocycles. The molecule has 0 saturated heterocycles. The van der Waals surface area contributed by atoms with E-state index in [1.54, 1.807) is 6.07 Å². The maximum Gasteiger partial charge on any atom is 0.271 e. The van der Waals surface area contributed by atoms with E-state index in [4.69, 9.17) is 4.74 Å². The number of amides is 1. The lowest BCUT2D eigenvalue weighted by atomic mass is 10.0. The van der Waals surface area contributed by atoms with E-state index in [-0.39, 0.29) is 23.5 Å². The number of benzene rings is 2. The second kappa shape index (κ2) is 6.47. The molecule has 0 radical (unpaired) electrons. The summed E-state index contributed by atoms with van der Waals surface area (Å²) in [4.78, 5) is 21.3. The van der Waals surface area contributed by atoms with Crippen molar-refractivity contribution in [2.45, 2.75) is 18.9 Å². The molecule has 1 unspecified atom stereocenters. The average Bonchev–Trinajstić information content (AvgIpc) is 2.83. The van der Waals surface area contributed by atoms with Crippen molar-refractivity contribution in [3.05, 3.63) is 65.7 Å². The molecule has 5 nitrogen and oxygen atoms in total. The quantitative estimate of drug-likeness (QED) is 0.778. The summed E-state index contributed by atoms with van der Waals surface area (Å²) in [7, 11) is 0. The molecule has 1 aromatic heterocycles. The fourth-order valence-corrected chi connectivity index (χ4v) is 2.99. The summed E-state index contributed by atoms with van der Waals surface area (Å²) >= 11 is 0. The zero-order valence-electron chi connectivity index (χ0n) is 13.4. The summed E-state index contributed by atoms with van der Waals surface area (Å²) in [6, 6.07) is 11.5. The van der Waals surface area contributed by atoms with Gasteiger partial charge in [-0.25, -0.2) is 9.37 Å². The number of hydrogen-bond acceptors (Lipinski definition) is 4. The molecule has 0 fully saturated rings. The van der Waals surface area contributed by atoms with Gasteiger partial charge in [0.1, 0.15) is 17.3 Å². The average molecular weight is 337 g/mol. The number of halogens is 1. The largest absolute Gasteiger partial charge is 0.493 e. The molecule has 126 valence electrons. The van der Waals surface area contributed by atoms with Gasteiger partial charge in [0.2, 0.25) is 0 Å². The highest BCUT2D eigenvalue weighted by molar-refractivity contribution is 5.94. The van der Waals surface area contributed by atoms with E-state index < -0.39 is 0 Å². The number of carbonyl (C=O) groups excluding carboxylic acids is 1. The van der Waals surface area contributed by atoms with Crippen LogP contribution in [0.4, 0.5) is 4.39 Å². The van der Waals surface area contributed by atoms with Crippen molar-refractivity contribution in [1.29, 1.82) is 0 Å². The zero-order chi connectivity index (χ0) is 17.2. The number of aromatic nitrogens is 2. The third-order valence-corrected chi connectivity index (χ3v) is 4.23. The minimum atomic E-state index is -0.355. The van der Waals surface area contributed by atoms with E-state index in [9.17, 15) is 9.18 Å². The van der Waals surface area contributed by atoms with E-state index in [1.807, 2.05) is 24.3 Å². The van der Waals surface area contributed by atoms with Gasteiger partial charge in [-0.05, 0) is 31.0 Å².